The van der Waals surface area contributed by atoms with E-state index in [-0.39, 0.29) is 6.04 Å². The maximum Gasteiger partial charge on any atom is 0.111 e. The van der Waals surface area contributed by atoms with E-state index < -0.39 is 0 Å². The molecule has 0 spiro atoms. The molecular formula is C13H10ClN2S. The lowest BCUT2D eigenvalue weighted by atomic mass is 10.0. The van der Waals surface area contributed by atoms with Crippen LogP contribution in [0.5, 0.6) is 0 Å². The minimum atomic E-state index is 0.195. The van der Waals surface area contributed by atoms with Crippen LogP contribution in [0.15, 0.2) is 46.9 Å². The Morgan fingerprint density at radius 3 is 2.71 bits per heavy atom. The molecule has 1 aliphatic heterocycles. The Labute approximate surface area is 109 Å². The summed E-state index contributed by atoms with van der Waals surface area (Å²) in [5.74, 6) is 0. The van der Waals surface area contributed by atoms with Gasteiger partial charge in [-0.25, -0.2) is 0 Å². The molecule has 85 valence electrons. The van der Waals surface area contributed by atoms with Crippen molar-refractivity contribution in [1.82, 2.24) is 5.43 Å². The van der Waals surface area contributed by atoms with E-state index in [0.29, 0.717) is 0 Å². The molecule has 2 nitrogen and oxygen atoms in total. The molecule has 0 aliphatic carbocycles. The van der Waals surface area contributed by atoms with Gasteiger partial charge in [-0.05, 0) is 29.1 Å². The fraction of sp³-hybridized carbons (Fsp3) is 0.154. The van der Waals surface area contributed by atoms with Gasteiger partial charge in [-0.2, -0.15) is 10.5 Å². The first-order chi connectivity index (χ1) is 8.33. The molecule has 0 N–H and O–H groups in total. The number of thiophene rings is 1. The maximum atomic E-state index is 5.87. The Morgan fingerprint density at radius 2 is 2.00 bits per heavy atom. The standard InChI is InChI=1S/C13H10ClN2S/c14-10-5-3-9(4-6-10)11-8-12(16-15-11)13-2-1-7-17-13/h1-7,12H,8H2. The molecular weight excluding hydrogens is 252 g/mol. The van der Waals surface area contributed by atoms with Crippen molar-refractivity contribution in [3.63, 3.8) is 0 Å². The highest BCUT2D eigenvalue weighted by Gasteiger charge is 2.23. The zero-order chi connectivity index (χ0) is 11.7. The zero-order valence-electron chi connectivity index (χ0n) is 9.01. The first kappa shape index (κ1) is 10.8. The number of benzene rings is 1. The molecule has 0 saturated heterocycles. The molecule has 0 fully saturated rings. The van der Waals surface area contributed by atoms with Gasteiger partial charge in [-0.3, -0.25) is 0 Å². The van der Waals surface area contributed by atoms with E-state index in [1.807, 2.05) is 24.3 Å². The van der Waals surface area contributed by atoms with E-state index in [1.54, 1.807) is 11.3 Å². The molecule has 0 saturated carbocycles. The summed E-state index contributed by atoms with van der Waals surface area (Å²) in [6.45, 7) is 0. The van der Waals surface area contributed by atoms with Crippen molar-refractivity contribution in [3.8, 4) is 0 Å². The number of hydrogen-bond acceptors (Lipinski definition) is 2. The van der Waals surface area contributed by atoms with Gasteiger partial charge in [0.1, 0.15) is 6.04 Å². The maximum absolute atomic E-state index is 5.87. The average molecular weight is 262 g/mol. The summed E-state index contributed by atoms with van der Waals surface area (Å²) in [5, 5.41) is 7.10. The first-order valence-corrected chi connectivity index (χ1v) is 6.65. The van der Waals surface area contributed by atoms with Gasteiger partial charge in [-0.15, -0.1) is 11.3 Å². The summed E-state index contributed by atoms with van der Waals surface area (Å²) >= 11 is 7.60. The highest BCUT2D eigenvalue weighted by atomic mass is 35.5. The largest absolute Gasteiger partial charge is 0.180 e. The van der Waals surface area contributed by atoms with Crippen molar-refractivity contribution in [2.45, 2.75) is 12.5 Å². The third kappa shape index (κ3) is 2.21. The van der Waals surface area contributed by atoms with Crippen molar-refractivity contribution < 1.29 is 0 Å². The number of rotatable bonds is 2. The summed E-state index contributed by atoms with van der Waals surface area (Å²) in [7, 11) is 0. The Morgan fingerprint density at radius 1 is 1.18 bits per heavy atom. The molecule has 17 heavy (non-hydrogen) atoms. The van der Waals surface area contributed by atoms with E-state index in [9.17, 15) is 0 Å². The van der Waals surface area contributed by atoms with Gasteiger partial charge in [0.15, 0.2) is 0 Å². The number of halogens is 1. The molecule has 1 unspecified atom stereocenters. The SMILES string of the molecule is Clc1ccc(C2=N[N]C(c3cccs3)C2)cc1. The predicted molar refractivity (Wildman–Crippen MR) is 71.8 cm³/mol. The molecule has 0 bridgehead atoms. The van der Waals surface area contributed by atoms with Crippen LogP contribution in [0, 0.1) is 0 Å². The van der Waals surface area contributed by atoms with Crippen LogP contribution in [0.3, 0.4) is 0 Å². The van der Waals surface area contributed by atoms with Crippen molar-refractivity contribution in [3.05, 3.63) is 57.2 Å². The molecule has 1 aromatic carbocycles. The molecule has 2 aromatic rings. The minimum Gasteiger partial charge on any atom is -0.180 e. The highest BCUT2D eigenvalue weighted by molar-refractivity contribution is 7.10. The molecule has 1 radical (unpaired) electrons. The lowest BCUT2D eigenvalue weighted by Crippen LogP contribution is -2.02. The molecule has 1 aliphatic rings. The topological polar surface area (TPSA) is 26.5 Å². The second kappa shape index (κ2) is 4.51. The van der Waals surface area contributed by atoms with Crippen molar-refractivity contribution in [2.24, 2.45) is 5.10 Å². The molecule has 1 atom stereocenters. The van der Waals surface area contributed by atoms with Gasteiger partial charge in [0.2, 0.25) is 0 Å². The molecule has 3 rings (SSSR count). The van der Waals surface area contributed by atoms with Crippen molar-refractivity contribution in [1.29, 1.82) is 0 Å². The second-order valence-electron chi connectivity index (χ2n) is 3.90. The number of hydrogen-bond donors (Lipinski definition) is 0. The summed E-state index contributed by atoms with van der Waals surface area (Å²) in [6.07, 6.45) is 0.877. The quantitative estimate of drug-likeness (QED) is 0.785. The summed E-state index contributed by atoms with van der Waals surface area (Å²) in [5.41, 5.74) is 6.47. The highest BCUT2D eigenvalue weighted by Crippen LogP contribution is 2.29. The lowest BCUT2D eigenvalue weighted by molar-refractivity contribution is 0.616. The van der Waals surface area contributed by atoms with Crippen LogP contribution in [0.4, 0.5) is 0 Å². The zero-order valence-corrected chi connectivity index (χ0v) is 10.6. The predicted octanol–water partition coefficient (Wildman–Crippen LogP) is 3.86. The average Bonchev–Trinajstić information content (AvgIpc) is 3.00. The first-order valence-electron chi connectivity index (χ1n) is 5.39. The van der Waals surface area contributed by atoms with Crippen molar-refractivity contribution >= 4 is 28.6 Å². The molecule has 0 amide bonds. The van der Waals surface area contributed by atoms with Gasteiger partial charge < -0.3 is 0 Å². The van der Waals surface area contributed by atoms with Gasteiger partial charge in [0, 0.05) is 16.3 Å². The fourth-order valence-corrected chi connectivity index (χ4v) is 2.75. The lowest BCUT2D eigenvalue weighted by Gasteiger charge is -2.03. The van der Waals surface area contributed by atoms with Crippen molar-refractivity contribution in [2.75, 3.05) is 0 Å². The third-order valence-corrected chi connectivity index (χ3v) is 3.98. The molecule has 4 heteroatoms. The van der Waals surface area contributed by atoms with Crippen LogP contribution < -0.4 is 5.43 Å². The van der Waals surface area contributed by atoms with Gasteiger partial charge in [0.25, 0.3) is 0 Å². The Hall–Kier alpha value is -1.32. The fourth-order valence-electron chi connectivity index (χ4n) is 1.86. The van der Waals surface area contributed by atoms with Crippen LogP contribution in [-0.4, -0.2) is 5.71 Å². The van der Waals surface area contributed by atoms with E-state index >= 15 is 0 Å². The van der Waals surface area contributed by atoms with E-state index in [4.69, 9.17) is 11.6 Å². The summed E-state index contributed by atoms with van der Waals surface area (Å²) < 4.78 is 0. The van der Waals surface area contributed by atoms with Gasteiger partial charge >= 0.3 is 0 Å². The van der Waals surface area contributed by atoms with Crippen LogP contribution >= 0.6 is 22.9 Å². The molecule has 1 aromatic heterocycles. The normalized spacial score (nSPS) is 18.9. The van der Waals surface area contributed by atoms with Gasteiger partial charge in [-0.1, -0.05) is 29.8 Å². The van der Waals surface area contributed by atoms with Crippen LogP contribution in [0.25, 0.3) is 0 Å². The number of nitrogens with zero attached hydrogens (tertiary/aromatic N) is 2. The van der Waals surface area contributed by atoms with Crippen LogP contribution in [-0.2, 0) is 0 Å². The minimum absolute atomic E-state index is 0.195. The van der Waals surface area contributed by atoms with E-state index in [1.165, 1.54) is 4.88 Å². The summed E-state index contributed by atoms with van der Waals surface area (Å²) in [4.78, 5) is 1.28. The monoisotopic (exact) mass is 261 g/mol. The van der Waals surface area contributed by atoms with Crippen LogP contribution in [0.1, 0.15) is 22.9 Å². The summed E-state index contributed by atoms with van der Waals surface area (Å²) in [6, 6.07) is 12.1. The third-order valence-electron chi connectivity index (χ3n) is 2.75. The Kier molecular flexibility index (Phi) is 2.87. The Bertz CT molecular complexity index is 531. The molecule has 2 heterocycles. The van der Waals surface area contributed by atoms with E-state index in [2.05, 4.69) is 28.0 Å². The Balaban J connectivity index is 1.77. The smallest absolute Gasteiger partial charge is 0.111 e. The second-order valence-corrected chi connectivity index (χ2v) is 5.32. The van der Waals surface area contributed by atoms with Crippen LogP contribution in [0.2, 0.25) is 5.02 Å². The van der Waals surface area contributed by atoms with E-state index in [0.717, 1.165) is 22.7 Å². The van der Waals surface area contributed by atoms with Gasteiger partial charge in [0.05, 0.1) is 5.71 Å².